The molecule has 0 aromatic carbocycles. The van der Waals surface area contributed by atoms with Crippen LogP contribution in [0.1, 0.15) is 12.8 Å². The monoisotopic (exact) mass is 212 g/mol. The Morgan fingerprint density at radius 1 is 1.73 bits per heavy atom. The van der Waals surface area contributed by atoms with Crippen LogP contribution in [0.15, 0.2) is 17.6 Å². The molecule has 0 spiro atoms. The first kappa shape index (κ1) is 11.7. The number of aliphatic imine (C=N–C) groups is 1. The van der Waals surface area contributed by atoms with E-state index in [0.29, 0.717) is 19.5 Å². The van der Waals surface area contributed by atoms with Crippen LogP contribution in [0.3, 0.4) is 0 Å². The number of aliphatic carboxylic acids is 1. The van der Waals surface area contributed by atoms with E-state index in [4.69, 9.17) is 10.2 Å². The molecule has 1 aliphatic rings. The molecule has 1 aliphatic heterocycles. The molecule has 0 fully saturated rings. The average molecular weight is 212 g/mol. The van der Waals surface area contributed by atoms with Gasteiger partial charge in [-0.3, -0.25) is 4.99 Å². The largest absolute Gasteiger partial charge is 0.480 e. The zero-order valence-corrected chi connectivity index (χ0v) is 8.59. The van der Waals surface area contributed by atoms with Gasteiger partial charge in [-0.2, -0.15) is 0 Å². The Morgan fingerprint density at radius 2 is 2.47 bits per heavy atom. The Hall–Kier alpha value is -1.36. The lowest BCUT2D eigenvalue weighted by Gasteiger charge is -2.26. The third kappa shape index (κ3) is 2.79. The second-order valence-electron chi connectivity index (χ2n) is 3.35. The van der Waals surface area contributed by atoms with Crippen LogP contribution < -0.4 is 0 Å². The highest BCUT2D eigenvalue weighted by Gasteiger charge is 2.29. The summed E-state index contributed by atoms with van der Waals surface area (Å²) in [5.41, 5.74) is 0. The highest BCUT2D eigenvalue weighted by molar-refractivity contribution is 5.89. The zero-order chi connectivity index (χ0) is 11.3. The molecule has 0 aromatic rings. The van der Waals surface area contributed by atoms with Crippen LogP contribution in [0.2, 0.25) is 0 Å². The molecule has 0 aromatic heterocycles. The predicted molar refractivity (Wildman–Crippen MR) is 56.9 cm³/mol. The summed E-state index contributed by atoms with van der Waals surface area (Å²) in [6.07, 6.45) is 2.51. The summed E-state index contributed by atoms with van der Waals surface area (Å²) < 4.78 is 0. The number of amidine groups is 1. The van der Waals surface area contributed by atoms with Crippen molar-refractivity contribution >= 4 is 11.8 Å². The van der Waals surface area contributed by atoms with Crippen molar-refractivity contribution < 1.29 is 15.0 Å². The van der Waals surface area contributed by atoms with Gasteiger partial charge in [0.1, 0.15) is 11.9 Å². The number of carbonyl (C=O) groups is 1. The van der Waals surface area contributed by atoms with E-state index in [2.05, 4.69) is 11.6 Å². The smallest absolute Gasteiger partial charge is 0.326 e. The fourth-order valence-electron chi connectivity index (χ4n) is 1.69. The van der Waals surface area contributed by atoms with Crippen molar-refractivity contribution in [2.75, 3.05) is 19.7 Å². The van der Waals surface area contributed by atoms with Crippen molar-refractivity contribution in [3.8, 4) is 0 Å². The summed E-state index contributed by atoms with van der Waals surface area (Å²) >= 11 is 0. The SMILES string of the molecule is C=CCC1=NCCN1C(CCO)C(=O)O. The topological polar surface area (TPSA) is 73.1 Å². The van der Waals surface area contributed by atoms with Crippen LogP contribution >= 0.6 is 0 Å². The van der Waals surface area contributed by atoms with E-state index in [-0.39, 0.29) is 13.0 Å². The summed E-state index contributed by atoms with van der Waals surface area (Å²) in [7, 11) is 0. The molecule has 1 heterocycles. The number of carboxylic acids is 1. The molecule has 1 rings (SSSR count). The van der Waals surface area contributed by atoms with Crippen LogP contribution in [-0.2, 0) is 4.79 Å². The quantitative estimate of drug-likeness (QED) is 0.613. The fourth-order valence-corrected chi connectivity index (χ4v) is 1.69. The van der Waals surface area contributed by atoms with Gasteiger partial charge < -0.3 is 15.1 Å². The number of hydrogen-bond donors (Lipinski definition) is 2. The molecule has 0 aliphatic carbocycles. The van der Waals surface area contributed by atoms with Gasteiger partial charge in [0.05, 0.1) is 6.54 Å². The van der Waals surface area contributed by atoms with Crippen LogP contribution in [-0.4, -0.2) is 52.7 Å². The van der Waals surface area contributed by atoms with E-state index in [9.17, 15) is 4.79 Å². The number of aliphatic hydroxyl groups is 1. The number of carboxylic acid groups (broad SMARTS) is 1. The van der Waals surface area contributed by atoms with E-state index in [1.54, 1.807) is 11.0 Å². The van der Waals surface area contributed by atoms with E-state index in [1.807, 2.05) is 0 Å². The summed E-state index contributed by atoms with van der Waals surface area (Å²) in [5.74, 6) is -0.159. The van der Waals surface area contributed by atoms with Gasteiger partial charge in [0.2, 0.25) is 0 Å². The molecule has 5 nitrogen and oxygen atoms in total. The second kappa shape index (κ2) is 5.50. The minimum atomic E-state index is -0.914. The summed E-state index contributed by atoms with van der Waals surface area (Å²) in [5, 5.41) is 17.8. The molecule has 0 radical (unpaired) electrons. The van der Waals surface area contributed by atoms with Gasteiger partial charge in [-0.1, -0.05) is 6.08 Å². The van der Waals surface area contributed by atoms with Gasteiger partial charge >= 0.3 is 5.97 Å². The van der Waals surface area contributed by atoms with E-state index in [1.165, 1.54) is 0 Å². The predicted octanol–water partition coefficient (Wildman–Crippen LogP) is 0.112. The lowest BCUT2D eigenvalue weighted by atomic mass is 10.1. The summed E-state index contributed by atoms with van der Waals surface area (Å²) in [6.45, 7) is 4.71. The molecule has 2 N–H and O–H groups in total. The maximum absolute atomic E-state index is 11.0. The lowest BCUT2D eigenvalue weighted by molar-refractivity contribution is -0.142. The molecule has 15 heavy (non-hydrogen) atoms. The van der Waals surface area contributed by atoms with E-state index >= 15 is 0 Å². The van der Waals surface area contributed by atoms with Crippen molar-refractivity contribution in [1.82, 2.24) is 4.90 Å². The third-order valence-electron chi connectivity index (χ3n) is 2.36. The molecule has 0 saturated carbocycles. The van der Waals surface area contributed by atoms with E-state index in [0.717, 1.165) is 5.84 Å². The average Bonchev–Trinajstić information content (AvgIpc) is 2.62. The van der Waals surface area contributed by atoms with Crippen LogP contribution in [0.4, 0.5) is 0 Å². The number of hydrogen-bond acceptors (Lipinski definition) is 4. The first-order valence-corrected chi connectivity index (χ1v) is 4.95. The Balaban J connectivity index is 2.70. The van der Waals surface area contributed by atoms with Crippen LogP contribution in [0.5, 0.6) is 0 Å². The normalized spacial score (nSPS) is 17.4. The van der Waals surface area contributed by atoms with Crippen LogP contribution in [0.25, 0.3) is 0 Å². The summed E-state index contributed by atoms with van der Waals surface area (Å²) in [6, 6.07) is -0.670. The maximum atomic E-state index is 11.0. The third-order valence-corrected chi connectivity index (χ3v) is 2.36. The number of aliphatic hydroxyl groups excluding tert-OH is 1. The van der Waals surface area contributed by atoms with Gasteiger partial charge in [-0.25, -0.2) is 4.79 Å². The second-order valence-corrected chi connectivity index (χ2v) is 3.35. The molecule has 0 saturated heterocycles. The highest BCUT2D eigenvalue weighted by atomic mass is 16.4. The molecule has 5 heteroatoms. The Labute approximate surface area is 88.7 Å². The Kier molecular flexibility index (Phi) is 4.30. The van der Waals surface area contributed by atoms with E-state index < -0.39 is 12.0 Å². The van der Waals surface area contributed by atoms with Gasteiger partial charge in [-0.05, 0) is 0 Å². The fraction of sp³-hybridized carbons (Fsp3) is 0.600. The number of nitrogens with zero attached hydrogens (tertiary/aromatic N) is 2. The highest BCUT2D eigenvalue weighted by Crippen LogP contribution is 2.13. The van der Waals surface area contributed by atoms with Gasteiger partial charge in [0.15, 0.2) is 0 Å². The first-order chi connectivity index (χ1) is 7.20. The molecule has 1 unspecified atom stereocenters. The molecule has 1 atom stereocenters. The van der Waals surface area contributed by atoms with Gasteiger partial charge in [0, 0.05) is 26.0 Å². The first-order valence-electron chi connectivity index (χ1n) is 4.95. The van der Waals surface area contributed by atoms with Crippen molar-refractivity contribution in [1.29, 1.82) is 0 Å². The maximum Gasteiger partial charge on any atom is 0.326 e. The van der Waals surface area contributed by atoms with Crippen molar-refractivity contribution in [2.24, 2.45) is 4.99 Å². The molecular formula is C10H16N2O3. The van der Waals surface area contributed by atoms with Crippen molar-refractivity contribution in [2.45, 2.75) is 18.9 Å². The molecule has 0 amide bonds. The molecule has 84 valence electrons. The molecular weight excluding hydrogens is 196 g/mol. The van der Waals surface area contributed by atoms with Crippen LogP contribution in [0, 0.1) is 0 Å². The van der Waals surface area contributed by atoms with Crippen molar-refractivity contribution in [3.63, 3.8) is 0 Å². The minimum Gasteiger partial charge on any atom is -0.480 e. The minimum absolute atomic E-state index is 0.130. The molecule has 0 bridgehead atoms. The Bertz CT molecular complexity index is 276. The van der Waals surface area contributed by atoms with Gasteiger partial charge in [0.25, 0.3) is 0 Å². The Morgan fingerprint density at radius 3 is 3.00 bits per heavy atom. The lowest BCUT2D eigenvalue weighted by Crippen LogP contribution is -2.43. The number of rotatable bonds is 6. The van der Waals surface area contributed by atoms with Crippen molar-refractivity contribution in [3.05, 3.63) is 12.7 Å². The standard InChI is InChI=1S/C10H16N2O3/c1-2-3-9-11-5-6-12(9)8(4-7-13)10(14)15/h2,8,13H,1,3-7H2,(H,14,15). The summed E-state index contributed by atoms with van der Waals surface area (Å²) in [4.78, 5) is 16.9. The van der Waals surface area contributed by atoms with Gasteiger partial charge in [-0.15, -0.1) is 6.58 Å². The zero-order valence-electron chi connectivity index (χ0n) is 8.59.